The number of carbonyl (C=O) groups is 1. The lowest BCUT2D eigenvalue weighted by atomic mass is 9.88. The zero-order chi connectivity index (χ0) is 23.0. The highest BCUT2D eigenvalue weighted by molar-refractivity contribution is 6.02. The van der Waals surface area contributed by atoms with Crippen LogP contribution in [0.4, 0.5) is 5.69 Å². The second-order valence-electron chi connectivity index (χ2n) is 8.48. The van der Waals surface area contributed by atoms with Crippen molar-refractivity contribution in [1.29, 1.82) is 0 Å². The molecule has 4 nitrogen and oxygen atoms in total. The minimum absolute atomic E-state index is 0.271. The lowest BCUT2D eigenvalue weighted by Crippen LogP contribution is -2.27. The second kappa shape index (κ2) is 11.7. The van der Waals surface area contributed by atoms with Gasteiger partial charge in [0.05, 0.1) is 11.3 Å². The van der Waals surface area contributed by atoms with Crippen LogP contribution in [0.15, 0.2) is 43.0 Å². The number of nitrogens with zero attached hydrogens (tertiary/aromatic N) is 1. The predicted octanol–water partition coefficient (Wildman–Crippen LogP) is 5.76. The zero-order valence-corrected chi connectivity index (χ0v) is 19.7. The van der Waals surface area contributed by atoms with E-state index >= 15 is 0 Å². The molecule has 168 valence electrons. The highest BCUT2D eigenvalue weighted by Gasteiger charge is 2.18. The summed E-state index contributed by atoms with van der Waals surface area (Å²) in [7, 11) is 0. The predicted molar refractivity (Wildman–Crippen MR) is 134 cm³/mol. The van der Waals surface area contributed by atoms with E-state index in [9.17, 15) is 4.79 Å². The third-order valence-electron chi connectivity index (χ3n) is 6.06. The van der Waals surface area contributed by atoms with E-state index in [0.29, 0.717) is 11.3 Å². The number of allylic oxidation sites excluding steroid dienone is 1. The highest BCUT2D eigenvalue weighted by atomic mass is 16.1. The van der Waals surface area contributed by atoms with Gasteiger partial charge in [-0.1, -0.05) is 58.5 Å². The lowest BCUT2D eigenvalue weighted by Gasteiger charge is -2.21. The molecule has 2 aromatic rings. The Hall–Kier alpha value is -2.59. The van der Waals surface area contributed by atoms with Gasteiger partial charge in [0.25, 0.3) is 5.91 Å². The van der Waals surface area contributed by atoms with Crippen LogP contribution in [0.3, 0.4) is 0 Å². The third kappa shape index (κ3) is 6.44. The largest absolute Gasteiger partial charge is 0.398 e. The molecule has 0 aliphatic heterocycles. The van der Waals surface area contributed by atoms with Crippen LogP contribution in [-0.4, -0.2) is 30.4 Å². The number of anilines is 1. The maximum Gasteiger partial charge on any atom is 0.250 e. The van der Waals surface area contributed by atoms with Gasteiger partial charge in [0.15, 0.2) is 0 Å². The van der Waals surface area contributed by atoms with Crippen molar-refractivity contribution in [3.8, 4) is 11.1 Å². The summed E-state index contributed by atoms with van der Waals surface area (Å²) < 4.78 is 0. The number of nitrogens with two attached hydrogens (primary N) is 2. The van der Waals surface area contributed by atoms with Gasteiger partial charge in [-0.25, -0.2) is 0 Å². The summed E-state index contributed by atoms with van der Waals surface area (Å²) >= 11 is 0. The summed E-state index contributed by atoms with van der Waals surface area (Å²) in [6.07, 6.45) is 4.29. The molecule has 0 spiro atoms. The Kier molecular flexibility index (Phi) is 9.32. The first-order valence-electron chi connectivity index (χ1n) is 11.6. The van der Waals surface area contributed by atoms with Gasteiger partial charge in [0.1, 0.15) is 0 Å². The Labute approximate surface area is 188 Å². The lowest BCUT2D eigenvalue weighted by molar-refractivity contribution is 0.100. The molecule has 1 amide bonds. The Balaban J connectivity index is 2.39. The van der Waals surface area contributed by atoms with Crippen LogP contribution in [0, 0.1) is 5.92 Å². The summed E-state index contributed by atoms with van der Waals surface area (Å²) in [6.45, 7) is 16.3. The van der Waals surface area contributed by atoms with Crippen molar-refractivity contribution in [1.82, 2.24) is 4.90 Å². The van der Waals surface area contributed by atoms with Gasteiger partial charge in [-0.2, -0.15) is 0 Å². The number of amides is 1. The van der Waals surface area contributed by atoms with Gasteiger partial charge in [-0.3, -0.25) is 4.79 Å². The molecule has 31 heavy (non-hydrogen) atoms. The molecular weight excluding hydrogens is 382 g/mol. The van der Waals surface area contributed by atoms with Crippen LogP contribution in [0.5, 0.6) is 0 Å². The standard InChI is InChI=1S/C27H39N3O/c1-6-13-30(14-7-2)15-12-21-10-9-11-22(16-21)23-17-24(20(5)19(4)8-3)26(28)25(18-23)27(29)31/h9-11,16-19H,5-8,12-15,28H2,1-4H3,(H2,29,31). The van der Waals surface area contributed by atoms with Crippen molar-refractivity contribution in [3.05, 3.63) is 59.7 Å². The average molecular weight is 422 g/mol. The van der Waals surface area contributed by atoms with Gasteiger partial charge < -0.3 is 16.4 Å². The summed E-state index contributed by atoms with van der Waals surface area (Å²) in [5.41, 5.74) is 17.8. The highest BCUT2D eigenvalue weighted by Crippen LogP contribution is 2.35. The van der Waals surface area contributed by atoms with Crippen LogP contribution < -0.4 is 11.5 Å². The number of primary amides is 1. The first-order valence-corrected chi connectivity index (χ1v) is 11.6. The van der Waals surface area contributed by atoms with E-state index in [0.717, 1.165) is 54.7 Å². The van der Waals surface area contributed by atoms with E-state index in [1.165, 1.54) is 18.4 Å². The van der Waals surface area contributed by atoms with Gasteiger partial charge in [0.2, 0.25) is 0 Å². The number of hydrogen-bond acceptors (Lipinski definition) is 3. The Morgan fingerprint density at radius 2 is 1.65 bits per heavy atom. The van der Waals surface area contributed by atoms with Crippen LogP contribution in [0.25, 0.3) is 16.7 Å². The SMILES string of the molecule is C=C(c1cc(-c2cccc(CCN(CCC)CCC)c2)cc(C(N)=O)c1N)C(C)CC. The van der Waals surface area contributed by atoms with Crippen LogP contribution >= 0.6 is 0 Å². The summed E-state index contributed by atoms with van der Waals surface area (Å²) in [4.78, 5) is 14.6. The number of rotatable bonds is 12. The van der Waals surface area contributed by atoms with Crippen LogP contribution in [-0.2, 0) is 6.42 Å². The van der Waals surface area contributed by atoms with Crippen LogP contribution in [0.2, 0.25) is 0 Å². The Bertz CT molecular complexity index is 897. The zero-order valence-electron chi connectivity index (χ0n) is 19.7. The fourth-order valence-electron chi connectivity index (χ4n) is 3.96. The molecule has 0 bridgehead atoms. The molecule has 4 N–H and O–H groups in total. The van der Waals surface area contributed by atoms with Crippen molar-refractivity contribution in [2.24, 2.45) is 11.7 Å². The third-order valence-corrected chi connectivity index (χ3v) is 6.06. The number of hydrogen-bond donors (Lipinski definition) is 2. The number of carbonyl (C=O) groups excluding carboxylic acids is 1. The van der Waals surface area contributed by atoms with Crippen molar-refractivity contribution in [2.45, 2.75) is 53.4 Å². The molecule has 0 aromatic heterocycles. The van der Waals surface area contributed by atoms with Gasteiger partial charge in [-0.05, 0) is 79.1 Å². The molecule has 0 saturated heterocycles. The van der Waals surface area contributed by atoms with E-state index in [2.05, 4.69) is 69.5 Å². The molecule has 1 atom stereocenters. The van der Waals surface area contributed by atoms with E-state index in [1.54, 1.807) is 0 Å². The monoisotopic (exact) mass is 421 g/mol. The van der Waals surface area contributed by atoms with Crippen molar-refractivity contribution < 1.29 is 4.79 Å². The molecule has 0 aliphatic carbocycles. The van der Waals surface area contributed by atoms with Gasteiger partial charge in [0, 0.05) is 12.1 Å². The average Bonchev–Trinajstić information content (AvgIpc) is 2.77. The maximum atomic E-state index is 12.1. The summed E-state index contributed by atoms with van der Waals surface area (Å²) in [6, 6.07) is 12.4. The second-order valence-corrected chi connectivity index (χ2v) is 8.48. The summed E-state index contributed by atoms with van der Waals surface area (Å²) in [5.74, 6) is -0.240. The Morgan fingerprint density at radius 3 is 2.23 bits per heavy atom. The van der Waals surface area contributed by atoms with Crippen LogP contribution in [0.1, 0.15) is 68.4 Å². The van der Waals surface area contributed by atoms with E-state index in [-0.39, 0.29) is 5.92 Å². The van der Waals surface area contributed by atoms with E-state index < -0.39 is 5.91 Å². The molecule has 2 rings (SSSR count). The Morgan fingerprint density at radius 1 is 1.00 bits per heavy atom. The minimum Gasteiger partial charge on any atom is -0.398 e. The quantitative estimate of drug-likeness (QED) is 0.428. The van der Waals surface area contributed by atoms with Gasteiger partial charge >= 0.3 is 0 Å². The molecular formula is C27H39N3O. The molecule has 0 heterocycles. The van der Waals surface area contributed by atoms with Gasteiger partial charge in [-0.15, -0.1) is 0 Å². The molecule has 4 heteroatoms. The van der Waals surface area contributed by atoms with E-state index in [1.807, 2.05) is 6.07 Å². The molecule has 0 saturated carbocycles. The smallest absolute Gasteiger partial charge is 0.250 e. The normalized spacial score (nSPS) is 12.2. The summed E-state index contributed by atoms with van der Waals surface area (Å²) in [5, 5.41) is 0. The molecule has 2 aromatic carbocycles. The van der Waals surface area contributed by atoms with Crippen molar-refractivity contribution in [3.63, 3.8) is 0 Å². The van der Waals surface area contributed by atoms with Crippen molar-refractivity contribution in [2.75, 3.05) is 25.4 Å². The first-order chi connectivity index (χ1) is 14.8. The number of nitrogen functional groups attached to an aromatic ring is 1. The topological polar surface area (TPSA) is 72.3 Å². The fraction of sp³-hybridized carbons (Fsp3) is 0.444. The maximum absolute atomic E-state index is 12.1. The molecule has 0 fully saturated rings. The van der Waals surface area contributed by atoms with E-state index in [4.69, 9.17) is 11.5 Å². The first kappa shape index (κ1) is 24.7. The number of benzene rings is 2. The molecule has 0 aliphatic rings. The molecule has 1 unspecified atom stereocenters. The minimum atomic E-state index is -0.511. The van der Waals surface area contributed by atoms with Crippen molar-refractivity contribution >= 4 is 17.2 Å². The fourth-order valence-corrected chi connectivity index (χ4v) is 3.96. The molecule has 0 radical (unpaired) electrons.